The zero-order valence-corrected chi connectivity index (χ0v) is 17.0. The van der Waals surface area contributed by atoms with Crippen LogP contribution in [0.5, 0.6) is 0 Å². The Morgan fingerprint density at radius 3 is 2.46 bits per heavy atom. The largest absolute Gasteiger partial charge is 2.00 e. The molecule has 26 heavy (non-hydrogen) atoms. The number of aromatic nitrogens is 3. The number of halogens is 1. The van der Waals surface area contributed by atoms with Crippen LogP contribution in [0.4, 0.5) is 11.4 Å². The number of likely N-dealkylation sites (N-methyl/N-ethyl adjacent to an activating group) is 1. The fourth-order valence-corrected chi connectivity index (χ4v) is 2.24. The van der Waals surface area contributed by atoms with Gasteiger partial charge in [0.1, 0.15) is 0 Å². The second-order valence-electron chi connectivity index (χ2n) is 4.81. The average molecular weight is 564 g/mol. The summed E-state index contributed by atoms with van der Waals surface area (Å²) in [4.78, 5) is 16.7. The number of pyridine rings is 1. The minimum Gasteiger partial charge on any atom is -1.00 e. The third kappa shape index (κ3) is 5.43. The van der Waals surface area contributed by atoms with Crippen LogP contribution in [-0.2, 0) is 27.5 Å². The Morgan fingerprint density at radius 2 is 1.85 bits per heavy atom. The van der Waals surface area contributed by atoms with Crippen molar-refractivity contribution in [1.82, 2.24) is 27.6 Å². The molecule has 1 aromatic carbocycles. The first-order valence-corrected chi connectivity index (χ1v) is 6.67. The first-order chi connectivity index (χ1) is 10.7. The number of benzene rings is 1. The molecule has 0 spiro atoms. The van der Waals surface area contributed by atoms with Gasteiger partial charge in [-0.1, -0.05) is 6.07 Å². The molecule has 0 aliphatic carbocycles. The minimum atomic E-state index is -0.496. The topological polar surface area (TPSA) is 168 Å². The van der Waals surface area contributed by atoms with Crippen LogP contribution in [0.2, 0.25) is 0 Å². The molecule has 0 aliphatic heterocycles. The van der Waals surface area contributed by atoms with E-state index in [2.05, 4.69) is 19.9 Å². The zero-order valence-electron chi connectivity index (χ0n) is 13.9. The molecule has 3 rings (SSSR count). The van der Waals surface area contributed by atoms with Gasteiger partial charge in [-0.2, -0.15) is 0 Å². The fourth-order valence-electron chi connectivity index (χ4n) is 2.24. The van der Waals surface area contributed by atoms with Gasteiger partial charge in [0, 0.05) is 38.0 Å². The number of fused-ring (bicyclic) bond motifs is 1. The van der Waals surface area contributed by atoms with Crippen molar-refractivity contribution in [2.24, 2.45) is 0 Å². The molecule has 0 saturated heterocycles. The van der Waals surface area contributed by atoms with Gasteiger partial charge in [-0.25, -0.2) is 4.63 Å². The normalized spacial score (nSPS) is 9.12. The van der Waals surface area contributed by atoms with E-state index in [1.165, 1.54) is 6.07 Å². The molecule has 2 aromatic heterocycles. The van der Waals surface area contributed by atoms with Crippen LogP contribution in [0.1, 0.15) is 5.69 Å². The predicted octanol–water partition coefficient (Wildman–Crippen LogP) is -0.470. The van der Waals surface area contributed by atoms with Crippen molar-refractivity contribution in [2.45, 2.75) is 6.42 Å². The molecule has 12 heteroatoms. The smallest absolute Gasteiger partial charge is 1.00 e. The van der Waals surface area contributed by atoms with E-state index in [0.717, 1.165) is 17.8 Å². The van der Waals surface area contributed by atoms with Crippen LogP contribution in [0, 0.1) is 10.1 Å². The van der Waals surface area contributed by atoms with Crippen LogP contribution in [-0.4, -0.2) is 33.8 Å². The number of nitrogens with zero attached hydrogens (tertiary/aromatic N) is 5. The monoisotopic (exact) mass is 563 g/mol. The maximum absolute atomic E-state index is 11.0. The van der Waals surface area contributed by atoms with E-state index in [4.69, 9.17) is 0 Å². The summed E-state index contributed by atoms with van der Waals surface area (Å²) in [5.74, 6) is 0. The summed E-state index contributed by atoms with van der Waals surface area (Å²) in [6.45, 7) is 0.691. The van der Waals surface area contributed by atoms with Crippen molar-refractivity contribution in [3.8, 4) is 0 Å². The average Bonchev–Trinajstić information content (AvgIpc) is 3.02. The quantitative estimate of drug-likeness (QED) is 0.308. The summed E-state index contributed by atoms with van der Waals surface area (Å²) in [5, 5.41) is 18.4. The van der Waals surface area contributed by atoms with Gasteiger partial charge >= 0.3 is 26.8 Å². The van der Waals surface area contributed by atoms with Gasteiger partial charge in [0.2, 0.25) is 5.52 Å². The van der Waals surface area contributed by atoms with E-state index in [-0.39, 0.29) is 57.0 Å². The molecule has 0 amide bonds. The Hall–Kier alpha value is -2.13. The summed E-state index contributed by atoms with van der Waals surface area (Å²) >= 11 is 0. The number of hydrogen-bond donors (Lipinski definition) is 2. The second-order valence-corrected chi connectivity index (χ2v) is 4.81. The Bertz CT molecular complexity index is 819. The third-order valence-electron chi connectivity index (χ3n) is 3.41. The minimum absolute atomic E-state index is 0. The zero-order chi connectivity index (χ0) is 15.5. The van der Waals surface area contributed by atoms with Gasteiger partial charge in [0.25, 0.3) is 0 Å². The van der Waals surface area contributed by atoms with Crippen molar-refractivity contribution in [3.05, 3.63) is 52.3 Å². The molecular weight excluding hydrogens is 545 g/mol. The molecule has 3 aromatic rings. The summed E-state index contributed by atoms with van der Waals surface area (Å²) in [5.41, 5.74) is 2.14. The van der Waals surface area contributed by atoms with E-state index < -0.39 is 4.92 Å². The molecular formula is C14H19ClN7O3Pt+. The van der Waals surface area contributed by atoms with Crippen LogP contribution in [0.3, 0.4) is 0 Å². The Kier molecular flexibility index (Phi) is 11.5. The second kappa shape index (κ2) is 11.5. The van der Waals surface area contributed by atoms with Crippen molar-refractivity contribution in [3.63, 3.8) is 0 Å². The van der Waals surface area contributed by atoms with Crippen molar-refractivity contribution in [1.29, 1.82) is 0 Å². The van der Waals surface area contributed by atoms with E-state index >= 15 is 0 Å². The van der Waals surface area contributed by atoms with Gasteiger partial charge in [-0.15, -0.1) is 0 Å². The van der Waals surface area contributed by atoms with Crippen molar-refractivity contribution >= 4 is 22.4 Å². The summed E-state index contributed by atoms with van der Waals surface area (Å²) in [6, 6.07) is 8.83. The fraction of sp³-hybridized carbons (Fsp3) is 0.214. The molecule has 2 heterocycles. The number of nitro benzene ring substituents is 1. The molecule has 0 bridgehead atoms. The summed E-state index contributed by atoms with van der Waals surface area (Å²) in [7, 11) is 1.89. The molecule has 10 nitrogen and oxygen atoms in total. The molecule has 144 valence electrons. The van der Waals surface area contributed by atoms with E-state index in [1.807, 2.05) is 30.1 Å². The van der Waals surface area contributed by atoms with Crippen molar-refractivity contribution < 1.29 is 43.0 Å². The van der Waals surface area contributed by atoms with Crippen LogP contribution >= 0.6 is 0 Å². The molecule has 0 aliphatic rings. The van der Waals surface area contributed by atoms with Gasteiger partial charge in [0.15, 0.2) is 5.52 Å². The van der Waals surface area contributed by atoms with Gasteiger partial charge in [-0.3, -0.25) is 15.1 Å². The molecule has 6 N–H and O–H groups in total. The van der Waals surface area contributed by atoms with Gasteiger partial charge in [-0.05, 0) is 28.5 Å². The maximum Gasteiger partial charge on any atom is 2.00 e. The first-order valence-electron chi connectivity index (χ1n) is 6.67. The Balaban J connectivity index is 0. The number of anilines is 1. The number of rotatable bonds is 5. The molecule has 0 atom stereocenters. The Labute approximate surface area is 170 Å². The first kappa shape index (κ1) is 26.1. The van der Waals surface area contributed by atoms with E-state index in [9.17, 15) is 10.1 Å². The van der Waals surface area contributed by atoms with E-state index in [1.54, 1.807) is 12.3 Å². The molecule has 0 radical (unpaired) electrons. The molecule has 0 saturated carbocycles. The molecule has 0 fully saturated rings. The Morgan fingerprint density at radius 1 is 1.15 bits per heavy atom. The standard InChI is InChI=1S/C14H13N5O3.ClH.2H3N.Pt/c1-18(9-7-10-4-2-3-8-15-10)11-5-6-12(19(20)21)14-13(11)16-22-17-14;;;;/h2-6,8H,7,9H2,1H3;1H;2*1H3;/q;;;;+2/p-1. The number of nitro groups is 1. The van der Waals surface area contributed by atoms with Crippen LogP contribution in [0.15, 0.2) is 41.2 Å². The molecule has 0 unspecified atom stereocenters. The third-order valence-corrected chi connectivity index (χ3v) is 3.41. The van der Waals surface area contributed by atoms with Gasteiger partial charge in [0.05, 0.1) is 10.6 Å². The summed E-state index contributed by atoms with van der Waals surface area (Å²) in [6.07, 6.45) is 2.50. The summed E-state index contributed by atoms with van der Waals surface area (Å²) < 4.78 is 4.67. The van der Waals surface area contributed by atoms with Crippen LogP contribution in [0.25, 0.3) is 11.0 Å². The van der Waals surface area contributed by atoms with Crippen LogP contribution < -0.4 is 29.6 Å². The van der Waals surface area contributed by atoms with E-state index in [0.29, 0.717) is 12.1 Å². The van der Waals surface area contributed by atoms with Crippen molar-refractivity contribution in [2.75, 3.05) is 18.5 Å². The van der Waals surface area contributed by atoms with Gasteiger partial charge < -0.3 is 29.6 Å². The SMILES string of the molecule is CN(CCc1ccccn1)c1ccc([N+](=O)[O-])c2nonc12.N.N.[Cl-].[Pt+2]. The predicted molar refractivity (Wildman–Crippen MR) is 89.7 cm³/mol. The number of hydrogen-bond acceptors (Lipinski definition) is 9. The number of non-ortho nitro benzene ring substituents is 1. The maximum atomic E-state index is 11.0.